The molecule has 0 fully saturated rings. The summed E-state index contributed by atoms with van der Waals surface area (Å²) in [6.45, 7) is 1.63. The molecular weight excluding hydrogens is 286 g/mol. The lowest BCUT2D eigenvalue weighted by atomic mass is 10.9. The molecule has 0 aromatic rings. The van der Waals surface area contributed by atoms with Gasteiger partial charge >= 0.3 is 6.80 Å². The molecule has 0 N–H and O–H groups in total. The van der Waals surface area contributed by atoms with E-state index in [9.17, 15) is 4.57 Å². The van der Waals surface area contributed by atoms with Crippen molar-refractivity contribution < 1.29 is 13.6 Å². The molecule has 0 heterocycles. The van der Waals surface area contributed by atoms with Crippen molar-refractivity contribution >= 4 is 36.6 Å². The predicted octanol–water partition coefficient (Wildman–Crippen LogP) is 3.25. The molecule has 0 aliphatic rings. The Morgan fingerprint density at radius 2 is 1.80 bits per heavy atom. The SMILES string of the molecule is CCOP(=O)(OCC)SI. The van der Waals surface area contributed by atoms with Crippen molar-refractivity contribution in [1.82, 2.24) is 0 Å². The fraction of sp³-hybridized carbons (Fsp3) is 1.00. The lowest BCUT2D eigenvalue weighted by Gasteiger charge is -2.11. The smallest absolute Gasteiger partial charge is 0.301 e. The van der Waals surface area contributed by atoms with E-state index >= 15 is 0 Å². The molecule has 0 radical (unpaired) electrons. The van der Waals surface area contributed by atoms with Crippen molar-refractivity contribution in [3.05, 3.63) is 0 Å². The molecule has 0 amide bonds. The van der Waals surface area contributed by atoms with Crippen LogP contribution in [0.4, 0.5) is 0 Å². The van der Waals surface area contributed by atoms with Gasteiger partial charge in [-0.05, 0) is 13.8 Å². The second-order valence-electron chi connectivity index (χ2n) is 1.35. The maximum atomic E-state index is 11.3. The molecule has 0 aromatic carbocycles. The molecule has 62 valence electrons. The van der Waals surface area contributed by atoms with Gasteiger partial charge in [-0.1, -0.05) is 0 Å². The fourth-order valence-electron chi connectivity index (χ4n) is 0.393. The minimum atomic E-state index is -2.80. The van der Waals surface area contributed by atoms with Crippen LogP contribution in [-0.4, -0.2) is 13.2 Å². The third-order valence-electron chi connectivity index (χ3n) is 0.659. The Balaban J connectivity index is 3.83. The largest absolute Gasteiger partial charge is 0.399 e. The van der Waals surface area contributed by atoms with Crippen LogP contribution in [-0.2, 0) is 13.6 Å². The number of hydrogen-bond donors (Lipinski definition) is 0. The van der Waals surface area contributed by atoms with Gasteiger partial charge in [-0.25, -0.2) is 4.57 Å². The first-order valence-electron chi connectivity index (χ1n) is 2.88. The Morgan fingerprint density at radius 1 is 1.40 bits per heavy atom. The Kier molecular flexibility index (Phi) is 6.54. The van der Waals surface area contributed by atoms with Crippen LogP contribution < -0.4 is 0 Å². The van der Waals surface area contributed by atoms with Gasteiger partial charge in [-0.2, -0.15) is 0 Å². The summed E-state index contributed by atoms with van der Waals surface area (Å²) in [4.78, 5) is 0. The predicted molar refractivity (Wildman–Crippen MR) is 52.5 cm³/mol. The van der Waals surface area contributed by atoms with E-state index in [0.29, 0.717) is 13.2 Å². The van der Waals surface area contributed by atoms with Crippen LogP contribution in [0.2, 0.25) is 0 Å². The summed E-state index contributed by atoms with van der Waals surface area (Å²) >= 11 is 1.92. The van der Waals surface area contributed by atoms with Gasteiger partial charge < -0.3 is 9.05 Å². The summed E-state index contributed by atoms with van der Waals surface area (Å²) < 4.78 is 21.1. The lowest BCUT2D eigenvalue weighted by Crippen LogP contribution is -1.89. The Hall–Kier alpha value is 1.23. The van der Waals surface area contributed by atoms with E-state index in [4.69, 9.17) is 9.05 Å². The third kappa shape index (κ3) is 4.18. The first-order valence-corrected chi connectivity index (χ1v) is 8.38. The molecule has 0 aliphatic carbocycles. The van der Waals surface area contributed by atoms with Gasteiger partial charge in [0.25, 0.3) is 0 Å². The molecule has 3 nitrogen and oxygen atoms in total. The van der Waals surface area contributed by atoms with Crippen molar-refractivity contribution in [2.45, 2.75) is 13.8 Å². The van der Waals surface area contributed by atoms with Crippen molar-refractivity contribution in [1.29, 1.82) is 0 Å². The highest BCUT2D eigenvalue weighted by Gasteiger charge is 2.22. The highest BCUT2D eigenvalue weighted by Crippen LogP contribution is 2.63. The minimum Gasteiger partial charge on any atom is -0.301 e. The summed E-state index contributed by atoms with van der Waals surface area (Å²) in [5, 5.41) is 0. The zero-order valence-corrected chi connectivity index (χ0v) is 9.74. The van der Waals surface area contributed by atoms with Crippen LogP contribution in [0.15, 0.2) is 0 Å². The van der Waals surface area contributed by atoms with Crippen LogP contribution in [0, 0.1) is 0 Å². The van der Waals surface area contributed by atoms with Gasteiger partial charge in [0, 0.05) is 29.8 Å². The summed E-state index contributed by atoms with van der Waals surface area (Å²) in [6.07, 6.45) is 0. The summed E-state index contributed by atoms with van der Waals surface area (Å²) in [6, 6.07) is 0. The Morgan fingerprint density at radius 3 is 2.00 bits per heavy atom. The van der Waals surface area contributed by atoms with Crippen LogP contribution in [0.5, 0.6) is 0 Å². The topological polar surface area (TPSA) is 35.5 Å². The molecule has 0 aliphatic heterocycles. The zero-order chi connectivity index (χ0) is 8.04. The van der Waals surface area contributed by atoms with Crippen LogP contribution in [0.25, 0.3) is 0 Å². The van der Waals surface area contributed by atoms with E-state index in [0.717, 1.165) is 8.55 Å². The van der Waals surface area contributed by atoms with Crippen molar-refractivity contribution in [2.75, 3.05) is 13.2 Å². The zero-order valence-electron chi connectivity index (χ0n) is 5.87. The van der Waals surface area contributed by atoms with E-state index in [1.54, 1.807) is 13.8 Å². The molecule has 0 saturated carbocycles. The molecule has 0 unspecified atom stereocenters. The maximum Gasteiger partial charge on any atom is 0.399 e. The molecule has 0 rings (SSSR count). The molecule has 0 spiro atoms. The fourth-order valence-corrected chi connectivity index (χ4v) is 4.10. The van der Waals surface area contributed by atoms with Gasteiger partial charge in [-0.3, -0.25) is 0 Å². The van der Waals surface area contributed by atoms with Gasteiger partial charge in [0.05, 0.1) is 13.2 Å². The Bertz CT molecular complexity index is 122. The van der Waals surface area contributed by atoms with Crippen LogP contribution in [0.3, 0.4) is 0 Å². The van der Waals surface area contributed by atoms with E-state index in [-0.39, 0.29) is 0 Å². The lowest BCUT2D eigenvalue weighted by molar-refractivity contribution is 0.237. The van der Waals surface area contributed by atoms with Gasteiger partial charge in [0.2, 0.25) is 0 Å². The van der Waals surface area contributed by atoms with E-state index in [1.807, 2.05) is 21.2 Å². The van der Waals surface area contributed by atoms with Gasteiger partial charge in [-0.15, -0.1) is 0 Å². The van der Waals surface area contributed by atoms with Gasteiger partial charge in [0.15, 0.2) is 0 Å². The monoisotopic (exact) mass is 296 g/mol. The molecule has 0 atom stereocenters. The molecular formula is C4H10IO3PS. The average molecular weight is 296 g/mol. The third-order valence-corrected chi connectivity index (χ3v) is 7.46. The highest BCUT2D eigenvalue weighted by molar-refractivity contribution is 14.2. The molecule has 0 bridgehead atoms. The van der Waals surface area contributed by atoms with E-state index in [1.165, 1.54) is 0 Å². The second kappa shape index (κ2) is 5.83. The Labute approximate surface area is 77.1 Å². The van der Waals surface area contributed by atoms with Crippen molar-refractivity contribution in [3.8, 4) is 0 Å². The average Bonchev–Trinajstić information content (AvgIpc) is 1.89. The van der Waals surface area contributed by atoms with Gasteiger partial charge in [0.1, 0.15) is 0 Å². The van der Waals surface area contributed by atoms with Crippen molar-refractivity contribution in [3.63, 3.8) is 0 Å². The van der Waals surface area contributed by atoms with Crippen LogP contribution in [0.1, 0.15) is 13.8 Å². The first-order chi connectivity index (χ1) is 4.68. The number of hydrogen-bond acceptors (Lipinski definition) is 4. The maximum absolute atomic E-state index is 11.3. The number of rotatable bonds is 5. The highest BCUT2D eigenvalue weighted by atomic mass is 127. The molecule has 0 aromatic heterocycles. The standard InChI is InChI=1S/C4H10IO3PS/c1-3-7-9(6,10-5)8-4-2/h3-4H2,1-2H3. The molecule has 0 saturated heterocycles. The van der Waals surface area contributed by atoms with E-state index < -0.39 is 6.80 Å². The van der Waals surface area contributed by atoms with Crippen LogP contribution >= 0.6 is 36.6 Å². The first kappa shape index (κ1) is 11.2. The second-order valence-corrected chi connectivity index (χ2v) is 8.20. The summed E-state index contributed by atoms with van der Waals surface area (Å²) in [5.74, 6) is 0. The van der Waals surface area contributed by atoms with Crippen molar-refractivity contribution in [2.24, 2.45) is 0 Å². The number of halogens is 1. The normalized spacial score (nSPS) is 11.9. The van der Waals surface area contributed by atoms with E-state index in [2.05, 4.69) is 0 Å². The molecule has 10 heavy (non-hydrogen) atoms. The minimum absolute atomic E-state index is 0.424. The molecule has 6 heteroatoms. The summed E-state index contributed by atoms with van der Waals surface area (Å²) in [7, 11) is 1.10. The summed E-state index contributed by atoms with van der Waals surface area (Å²) in [5.41, 5.74) is 0. The quantitative estimate of drug-likeness (QED) is 0.576.